The monoisotopic (exact) mass is 492 g/mol. The Morgan fingerprint density at radius 2 is 1.79 bits per heavy atom. The first-order chi connectivity index (χ1) is 15.9. The molecule has 3 rings (SSSR count). The maximum atomic E-state index is 12.6. The third-order valence-electron chi connectivity index (χ3n) is 4.85. The SMILES string of the molecule is CCOCCn1c(=NC(=O)CCS(=O)(=O)c2ccc(OC)cc2)sc2cc(OCC)ccc21. The van der Waals surface area contributed by atoms with E-state index in [0.29, 0.717) is 36.9 Å². The van der Waals surface area contributed by atoms with Gasteiger partial charge in [-0.3, -0.25) is 4.79 Å². The number of thiazole rings is 1. The molecule has 178 valence electrons. The number of aromatic nitrogens is 1. The standard InChI is InChI=1S/C23H28N2O6S2/c1-4-30-14-13-25-20-11-8-18(31-5-2)16-21(20)32-23(25)24-22(26)12-15-33(27,28)19-9-6-17(29-3)7-10-19/h6-11,16H,4-5,12-15H2,1-3H3. The van der Waals surface area contributed by atoms with Crippen LogP contribution in [-0.4, -0.2) is 51.6 Å². The second-order valence-corrected chi connectivity index (χ2v) is 10.2. The lowest BCUT2D eigenvalue weighted by Gasteiger charge is -2.07. The molecule has 1 heterocycles. The minimum absolute atomic E-state index is 0.146. The highest BCUT2D eigenvalue weighted by atomic mass is 32.2. The smallest absolute Gasteiger partial charge is 0.249 e. The van der Waals surface area contributed by atoms with E-state index in [-0.39, 0.29) is 17.1 Å². The summed E-state index contributed by atoms with van der Waals surface area (Å²) in [6, 6.07) is 11.8. The van der Waals surface area contributed by atoms with Crippen molar-refractivity contribution < 1.29 is 27.4 Å². The zero-order valence-corrected chi connectivity index (χ0v) is 20.6. The second-order valence-electron chi connectivity index (χ2n) is 7.05. The summed E-state index contributed by atoms with van der Waals surface area (Å²) in [6.07, 6.45) is -0.210. The molecule has 10 heteroatoms. The minimum Gasteiger partial charge on any atom is -0.497 e. The maximum Gasteiger partial charge on any atom is 0.249 e. The molecule has 0 aliphatic rings. The van der Waals surface area contributed by atoms with Crippen LogP contribution in [0.1, 0.15) is 20.3 Å². The van der Waals surface area contributed by atoms with Gasteiger partial charge in [-0.05, 0) is 56.3 Å². The van der Waals surface area contributed by atoms with Gasteiger partial charge in [0.25, 0.3) is 0 Å². The molecular formula is C23H28N2O6S2. The highest BCUT2D eigenvalue weighted by Crippen LogP contribution is 2.23. The molecule has 0 radical (unpaired) electrons. The number of methoxy groups -OCH3 is 1. The van der Waals surface area contributed by atoms with Crippen LogP contribution in [0.4, 0.5) is 0 Å². The zero-order chi connectivity index (χ0) is 23.8. The van der Waals surface area contributed by atoms with Gasteiger partial charge in [0.05, 0.1) is 41.2 Å². The number of hydrogen-bond donors (Lipinski definition) is 0. The molecule has 1 aromatic heterocycles. The van der Waals surface area contributed by atoms with Crippen molar-refractivity contribution in [2.45, 2.75) is 31.7 Å². The number of amides is 1. The molecule has 0 aliphatic heterocycles. The van der Waals surface area contributed by atoms with E-state index in [9.17, 15) is 13.2 Å². The van der Waals surface area contributed by atoms with E-state index in [1.165, 1.54) is 30.6 Å². The Bertz CT molecular complexity index is 1260. The quantitative estimate of drug-likeness (QED) is 0.381. The van der Waals surface area contributed by atoms with Crippen LogP contribution in [0.15, 0.2) is 52.4 Å². The fourth-order valence-corrected chi connectivity index (χ4v) is 5.53. The molecule has 0 saturated carbocycles. The first-order valence-electron chi connectivity index (χ1n) is 10.7. The van der Waals surface area contributed by atoms with Crippen molar-refractivity contribution in [2.75, 3.05) is 32.7 Å². The maximum absolute atomic E-state index is 12.6. The predicted molar refractivity (Wildman–Crippen MR) is 128 cm³/mol. The molecule has 0 spiro atoms. The van der Waals surface area contributed by atoms with Crippen molar-refractivity contribution >= 4 is 37.3 Å². The van der Waals surface area contributed by atoms with Gasteiger partial charge in [-0.1, -0.05) is 11.3 Å². The van der Waals surface area contributed by atoms with E-state index in [1.807, 2.05) is 36.6 Å². The molecule has 1 amide bonds. The number of carbonyl (C=O) groups excluding carboxylic acids is 1. The first kappa shape index (κ1) is 24.9. The van der Waals surface area contributed by atoms with Crippen molar-refractivity contribution in [1.29, 1.82) is 0 Å². The van der Waals surface area contributed by atoms with Gasteiger partial charge in [0.1, 0.15) is 11.5 Å². The largest absolute Gasteiger partial charge is 0.497 e. The number of rotatable bonds is 11. The number of sulfone groups is 1. The molecular weight excluding hydrogens is 464 g/mol. The number of fused-ring (bicyclic) bond motifs is 1. The van der Waals surface area contributed by atoms with Gasteiger partial charge in [0.15, 0.2) is 14.6 Å². The number of benzene rings is 2. The van der Waals surface area contributed by atoms with Crippen molar-refractivity contribution in [1.82, 2.24) is 4.57 Å². The molecule has 0 unspecified atom stereocenters. The molecule has 0 saturated heterocycles. The van der Waals surface area contributed by atoms with Gasteiger partial charge in [-0.15, -0.1) is 0 Å². The highest BCUT2D eigenvalue weighted by molar-refractivity contribution is 7.91. The normalized spacial score (nSPS) is 12.3. The van der Waals surface area contributed by atoms with Gasteiger partial charge in [0.2, 0.25) is 5.91 Å². The van der Waals surface area contributed by atoms with E-state index in [0.717, 1.165) is 16.0 Å². The average Bonchev–Trinajstić information content (AvgIpc) is 3.14. The molecule has 0 atom stereocenters. The lowest BCUT2D eigenvalue weighted by Crippen LogP contribution is -2.20. The summed E-state index contributed by atoms with van der Waals surface area (Å²) in [5.74, 6) is 0.495. The lowest BCUT2D eigenvalue weighted by molar-refractivity contribution is -0.117. The molecule has 2 aromatic carbocycles. The van der Waals surface area contributed by atoms with Crippen LogP contribution >= 0.6 is 11.3 Å². The first-order valence-corrected chi connectivity index (χ1v) is 13.1. The van der Waals surface area contributed by atoms with Crippen LogP contribution < -0.4 is 14.3 Å². The van der Waals surface area contributed by atoms with Crippen molar-refractivity contribution in [3.8, 4) is 11.5 Å². The average molecular weight is 493 g/mol. The zero-order valence-electron chi connectivity index (χ0n) is 18.9. The topological polar surface area (TPSA) is 96.2 Å². The Morgan fingerprint density at radius 1 is 1.06 bits per heavy atom. The Hall–Kier alpha value is -2.69. The third kappa shape index (κ3) is 6.43. The lowest BCUT2D eigenvalue weighted by atomic mass is 10.3. The van der Waals surface area contributed by atoms with Crippen LogP contribution in [0.3, 0.4) is 0 Å². The molecule has 0 aliphatic carbocycles. The number of carbonyl (C=O) groups is 1. The van der Waals surface area contributed by atoms with Gasteiger partial charge < -0.3 is 18.8 Å². The second kappa shape index (κ2) is 11.4. The fraction of sp³-hybridized carbons (Fsp3) is 0.391. The summed E-state index contributed by atoms with van der Waals surface area (Å²) < 4.78 is 44.2. The summed E-state index contributed by atoms with van der Waals surface area (Å²) >= 11 is 1.36. The van der Waals surface area contributed by atoms with Gasteiger partial charge >= 0.3 is 0 Å². The fourth-order valence-electron chi connectivity index (χ4n) is 3.20. The molecule has 0 bridgehead atoms. The van der Waals surface area contributed by atoms with E-state index < -0.39 is 15.7 Å². The molecule has 8 nitrogen and oxygen atoms in total. The Morgan fingerprint density at radius 3 is 2.45 bits per heavy atom. The van der Waals surface area contributed by atoms with Crippen LogP contribution in [0, 0.1) is 0 Å². The van der Waals surface area contributed by atoms with E-state index >= 15 is 0 Å². The number of ether oxygens (including phenoxy) is 3. The summed E-state index contributed by atoms with van der Waals surface area (Å²) in [7, 11) is -2.10. The summed E-state index contributed by atoms with van der Waals surface area (Å²) in [5, 5.41) is 0. The Kier molecular flexibility index (Phi) is 8.65. The highest BCUT2D eigenvalue weighted by Gasteiger charge is 2.17. The van der Waals surface area contributed by atoms with E-state index in [2.05, 4.69) is 4.99 Å². The van der Waals surface area contributed by atoms with E-state index in [4.69, 9.17) is 14.2 Å². The van der Waals surface area contributed by atoms with Crippen LogP contribution in [0.2, 0.25) is 0 Å². The van der Waals surface area contributed by atoms with Crippen molar-refractivity contribution in [3.05, 3.63) is 47.3 Å². The van der Waals surface area contributed by atoms with Crippen LogP contribution in [-0.2, 0) is 25.9 Å². The predicted octanol–water partition coefficient (Wildman–Crippen LogP) is 3.44. The molecule has 0 fully saturated rings. The van der Waals surface area contributed by atoms with Crippen molar-refractivity contribution in [3.63, 3.8) is 0 Å². The van der Waals surface area contributed by atoms with Crippen LogP contribution in [0.5, 0.6) is 11.5 Å². The summed E-state index contributed by atoms with van der Waals surface area (Å²) in [6.45, 7) is 5.98. The summed E-state index contributed by atoms with van der Waals surface area (Å²) in [5.41, 5.74) is 0.917. The summed E-state index contributed by atoms with van der Waals surface area (Å²) in [4.78, 5) is 17.5. The van der Waals surface area contributed by atoms with Crippen LogP contribution in [0.25, 0.3) is 10.2 Å². The van der Waals surface area contributed by atoms with Gasteiger partial charge in [-0.2, -0.15) is 4.99 Å². The molecule has 33 heavy (non-hydrogen) atoms. The number of hydrogen-bond acceptors (Lipinski definition) is 7. The molecule has 3 aromatic rings. The molecule has 0 N–H and O–H groups in total. The number of nitrogens with zero attached hydrogens (tertiary/aromatic N) is 2. The Labute approximate surface area is 197 Å². The minimum atomic E-state index is -3.61. The third-order valence-corrected chi connectivity index (χ3v) is 7.63. The Balaban J connectivity index is 1.83. The van der Waals surface area contributed by atoms with Crippen molar-refractivity contribution in [2.24, 2.45) is 4.99 Å². The van der Waals surface area contributed by atoms with Gasteiger partial charge in [0, 0.05) is 19.6 Å². The van der Waals surface area contributed by atoms with E-state index in [1.54, 1.807) is 12.1 Å². The van der Waals surface area contributed by atoms with Gasteiger partial charge in [-0.25, -0.2) is 8.42 Å².